The number of hydrogen-bond donors (Lipinski definition) is 2. The molecule has 21 heavy (non-hydrogen) atoms. The van der Waals surface area contributed by atoms with E-state index in [0.29, 0.717) is 4.99 Å². The zero-order valence-electron chi connectivity index (χ0n) is 11.0. The van der Waals surface area contributed by atoms with Crippen LogP contribution in [-0.2, 0) is 0 Å². The molecule has 0 bridgehead atoms. The predicted octanol–water partition coefficient (Wildman–Crippen LogP) is 4.38. The van der Waals surface area contributed by atoms with Crippen molar-refractivity contribution in [3.8, 4) is 0 Å². The number of thiocarbonyl (C=S) groups is 1. The summed E-state index contributed by atoms with van der Waals surface area (Å²) < 4.78 is 0.965. The summed E-state index contributed by atoms with van der Waals surface area (Å²) in [5.41, 5.74) is 9.40. The van der Waals surface area contributed by atoms with Crippen LogP contribution in [-0.4, -0.2) is 9.97 Å². The van der Waals surface area contributed by atoms with Crippen LogP contribution < -0.4 is 11.1 Å². The number of nitrogens with zero attached hydrogens (tertiary/aromatic N) is 1. The van der Waals surface area contributed by atoms with Crippen molar-refractivity contribution in [2.75, 3.05) is 5.32 Å². The van der Waals surface area contributed by atoms with E-state index in [9.17, 15) is 0 Å². The van der Waals surface area contributed by atoms with Crippen molar-refractivity contribution in [1.29, 1.82) is 0 Å². The van der Waals surface area contributed by atoms with Gasteiger partial charge in [-0.25, -0.2) is 0 Å². The molecule has 3 aromatic rings. The summed E-state index contributed by atoms with van der Waals surface area (Å²) in [4.78, 5) is 4.68. The maximum absolute atomic E-state index is 5.77. The van der Waals surface area contributed by atoms with Crippen molar-refractivity contribution in [3.05, 3.63) is 64.8 Å². The minimum Gasteiger partial charge on any atom is -0.389 e. The number of aromatic nitrogens is 1. The number of nitrogens with two attached hydrogens (primary N) is 1. The zero-order chi connectivity index (χ0) is 14.8. The standard InChI is InChI=1S/C16H12BrN3S/c17-11-3-5-13(16(18)21)15(9-11)20-12-4-6-14-10(8-12)2-1-7-19-14/h1-9,20H,(H2,18,21). The molecular weight excluding hydrogens is 346 g/mol. The number of halogens is 1. The Kier molecular flexibility index (Phi) is 3.86. The SMILES string of the molecule is NC(=S)c1ccc(Br)cc1Nc1ccc2ncccc2c1. The first-order valence-corrected chi connectivity index (χ1v) is 7.55. The van der Waals surface area contributed by atoms with Crippen LogP contribution in [0.25, 0.3) is 10.9 Å². The van der Waals surface area contributed by atoms with Gasteiger partial charge >= 0.3 is 0 Å². The molecule has 0 unspecified atom stereocenters. The minimum atomic E-state index is 0.368. The van der Waals surface area contributed by atoms with Crippen LogP contribution in [0.4, 0.5) is 11.4 Å². The maximum Gasteiger partial charge on any atom is 0.106 e. The monoisotopic (exact) mass is 357 g/mol. The van der Waals surface area contributed by atoms with Crippen molar-refractivity contribution in [3.63, 3.8) is 0 Å². The molecule has 1 heterocycles. The third kappa shape index (κ3) is 3.04. The second kappa shape index (κ2) is 5.79. The van der Waals surface area contributed by atoms with Gasteiger partial charge in [0.25, 0.3) is 0 Å². The molecule has 0 aliphatic heterocycles. The van der Waals surface area contributed by atoms with E-state index in [1.807, 2.05) is 48.5 Å². The molecule has 0 atom stereocenters. The smallest absolute Gasteiger partial charge is 0.106 e. The van der Waals surface area contributed by atoms with E-state index in [-0.39, 0.29) is 0 Å². The highest BCUT2D eigenvalue weighted by Gasteiger charge is 2.07. The topological polar surface area (TPSA) is 50.9 Å². The number of rotatable bonds is 3. The molecule has 0 spiro atoms. The molecule has 104 valence electrons. The van der Waals surface area contributed by atoms with Crippen LogP contribution in [0.1, 0.15) is 5.56 Å². The van der Waals surface area contributed by atoms with Gasteiger partial charge in [-0.2, -0.15) is 0 Å². The van der Waals surface area contributed by atoms with E-state index >= 15 is 0 Å². The van der Waals surface area contributed by atoms with Crippen molar-refractivity contribution in [1.82, 2.24) is 4.98 Å². The van der Waals surface area contributed by atoms with Gasteiger partial charge < -0.3 is 11.1 Å². The van der Waals surface area contributed by atoms with E-state index in [1.54, 1.807) is 6.20 Å². The van der Waals surface area contributed by atoms with E-state index in [1.165, 1.54) is 0 Å². The third-order valence-electron chi connectivity index (χ3n) is 3.13. The van der Waals surface area contributed by atoms with Gasteiger partial charge in [0.2, 0.25) is 0 Å². The van der Waals surface area contributed by atoms with Gasteiger partial charge in [-0.15, -0.1) is 0 Å². The second-order valence-corrected chi connectivity index (χ2v) is 5.95. The average Bonchev–Trinajstić information content (AvgIpc) is 2.47. The first kappa shape index (κ1) is 14.0. The van der Waals surface area contributed by atoms with Crippen LogP contribution in [0, 0.1) is 0 Å². The zero-order valence-corrected chi connectivity index (χ0v) is 13.4. The van der Waals surface area contributed by atoms with Crippen molar-refractivity contribution >= 4 is 55.4 Å². The normalized spacial score (nSPS) is 10.5. The molecule has 0 amide bonds. The van der Waals surface area contributed by atoms with Gasteiger partial charge in [-0.05, 0) is 42.5 Å². The number of fused-ring (bicyclic) bond motifs is 1. The lowest BCUT2D eigenvalue weighted by molar-refractivity contribution is 1.41. The summed E-state index contributed by atoms with van der Waals surface area (Å²) >= 11 is 8.56. The summed E-state index contributed by atoms with van der Waals surface area (Å²) in [5.74, 6) is 0. The van der Waals surface area contributed by atoms with E-state index in [2.05, 4.69) is 26.2 Å². The molecule has 0 saturated carbocycles. The molecule has 1 aromatic heterocycles. The summed E-state index contributed by atoms with van der Waals surface area (Å²) in [6.07, 6.45) is 1.79. The largest absolute Gasteiger partial charge is 0.389 e. The van der Waals surface area contributed by atoms with E-state index < -0.39 is 0 Å². The van der Waals surface area contributed by atoms with Crippen LogP contribution in [0.3, 0.4) is 0 Å². The van der Waals surface area contributed by atoms with Crippen molar-refractivity contribution in [2.24, 2.45) is 5.73 Å². The fraction of sp³-hybridized carbons (Fsp3) is 0. The lowest BCUT2D eigenvalue weighted by Crippen LogP contribution is -2.11. The fourth-order valence-corrected chi connectivity index (χ4v) is 2.68. The Labute approximate surface area is 136 Å². The van der Waals surface area contributed by atoms with Crippen molar-refractivity contribution in [2.45, 2.75) is 0 Å². The van der Waals surface area contributed by atoms with Gasteiger partial charge in [0.1, 0.15) is 4.99 Å². The number of anilines is 2. The van der Waals surface area contributed by atoms with Gasteiger partial charge in [0.05, 0.1) is 5.52 Å². The molecular formula is C16H12BrN3S. The molecule has 0 aliphatic carbocycles. The van der Waals surface area contributed by atoms with Crippen LogP contribution in [0.5, 0.6) is 0 Å². The number of hydrogen-bond acceptors (Lipinski definition) is 3. The van der Waals surface area contributed by atoms with Crippen LogP contribution in [0.2, 0.25) is 0 Å². The highest BCUT2D eigenvalue weighted by atomic mass is 79.9. The molecule has 0 fully saturated rings. The first-order chi connectivity index (χ1) is 10.1. The minimum absolute atomic E-state index is 0.368. The van der Waals surface area contributed by atoms with Gasteiger partial charge in [-0.3, -0.25) is 4.98 Å². The average molecular weight is 358 g/mol. The van der Waals surface area contributed by atoms with E-state index in [0.717, 1.165) is 32.3 Å². The quantitative estimate of drug-likeness (QED) is 0.683. The molecule has 0 aliphatic rings. The second-order valence-electron chi connectivity index (χ2n) is 4.59. The number of benzene rings is 2. The number of nitrogens with one attached hydrogen (secondary N) is 1. The lowest BCUT2D eigenvalue weighted by atomic mass is 10.1. The highest BCUT2D eigenvalue weighted by Crippen LogP contribution is 2.26. The Hall–Kier alpha value is -1.98. The molecule has 5 heteroatoms. The molecule has 0 saturated heterocycles. The Bertz CT molecular complexity index is 833. The summed E-state index contributed by atoms with van der Waals surface area (Å²) in [6, 6.07) is 15.8. The molecule has 0 radical (unpaired) electrons. The maximum atomic E-state index is 5.77. The predicted molar refractivity (Wildman–Crippen MR) is 95.1 cm³/mol. The van der Waals surface area contributed by atoms with Gasteiger partial charge in [-0.1, -0.05) is 34.2 Å². The highest BCUT2D eigenvalue weighted by molar-refractivity contribution is 9.10. The first-order valence-electron chi connectivity index (χ1n) is 6.34. The number of pyridine rings is 1. The molecule has 2 aromatic carbocycles. The summed E-state index contributed by atoms with van der Waals surface area (Å²) in [7, 11) is 0. The Morgan fingerprint density at radius 2 is 2.00 bits per heavy atom. The Morgan fingerprint density at radius 3 is 2.81 bits per heavy atom. The Balaban J connectivity index is 2.02. The third-order valence-corrected chi connectivity index (χ3v) is 3.84. The van der Waals surface area contributed by atoms with Crippen molar-refractivity contribution < 1.29 is 0 Å². The van der Waals surface area contributed by atoms with Gasteiger partial charge in [0, 0.05) is 33.0 Å². The Morgan fingerprint density at radius 1 is 1.14 bits per heavy atom. The fourth-order valence-electron chi connectivity index (χ4n) is 2.14. The summed E-state index contributed by atoms with van der Waals surface area (Å²) in [5, 5.41) is 4.44. The van der Waals surface area contributed by atoms with E-state index in [4.69, 9.17) is 18.0 Å². The molecule has 3 N–H and O–H groups in total. The van der Waals surface area contributed by atoms with Gasteiger partial charge in [0.15, 0.2) is 0 Å². The molecule has 3 nitrogen and oxygen atoms in total. The van der Waals surface area contributed by atoms with Crippen LogP contribution in [0.15, 0.2) is 59.2 Å². The molecule has 3 rings (SSSR count). The van der Waals surface area contributed by atoms with Crippen LogP contribution >= 0.6 is 28.1 Å². The summed E-state index contributed by atoms with van der Waals surface area (Å²) in [6.45, 7) is 0. The lowest BCUT2D eigenvalue weighted by Gasteiger charge is -2.12.